The molecule has 1 rings (SSSR count). The van der Waals surface area contributed by atoms with Crippen LogP contribution in [-0.2, 0) is 4.79 Å². The second kappa shape index (κ2) is 4.54. The lowest BCUT2D eigenvalue weighted by Gasteiger charge is -2.41. The highest BCUT2D eigenvalue weighted by Gasteiger charge is 2.44. The Hall–Kier alpha value is -0.530. The van der Waals surface area contributed by atoms with Crippen molar-refractivity contribution in [3.05, 3.63) is 0 Å². The van der Waals surface area contributed by atoms with Crippen LogP contribution in [0.15, 0.2) is 0 Å². The highest BCUT2D eigenvalue weighted by Crippen LogP contribution is 2.46. The Morgan fingerprint density at radius 2 is 1.67 bits per heavy atom. The number of carboxylic acids is 1. The summed E-state index contributed by atoms with van der Waals surface area (Å²) in [4.78, 5) is 11.4. The van der Waals surface area contributed by atoms with Gasteiger partial charge in [-0.2, -0.15) is 0 Å². The third kappa shape index (κ3) is 2.35. The average Bonchev–Trinajstić information content (AvgIpc) is 2.17. The van der Waals surface area contributed by atoms with Crippen molar-refractivity contribution >= 4 is 5.97 Å². The van der Waals surface area contributed by atoms with Crippen molar-refractivity contribution in [2.75, 3.05) is 0 Å². The van der Waals surface area contributed by atoms with Crippen LogP contribution < -0.4 is 0 Å². The van der Waals surface area contributed by atoms with E-state index in [1.165, 1.54) is 0 Å². The first-order valence-electron chi connectivity index (χ1n) is 6.13. The van der Waals surface area contributed by atoms with E-state index in [4.69, 9.17) is 0 Å². The molecule has 0 heterocycles. The van der Waals surface area contributed by atoms with E-state index in [0.29, 0.717) is 5.92 Å². The van der Waals surface area contributed by atoms with Crippen molar-refractivity contribution in [1.82, 2.24) is 0 Å². The van der Waals surface area contributed by atoms with Gasteiger partial charge in [0, 0.05) is 0 Å². The Balaban J connectivity index is 2.70. The van der Waals surface area contributed by atoms with Crippen molar-refractivity contribution in [1.29, 1.82) is 0 Å². The Morgan fingerprint density at radius 1 is 1.20 bits per heavy atom. The van der Waals surface area contributed by atoms with Gasteiger partial charge < -0.3 is 5.11 Å². The molecular weight excluding hydrogens is 188 g/mol. The summed E-state index contributed by atoms with van der Waals surface area (Å²) in [6.45, 7) is 8.58. The lowest BCUT2D eigenvalue weighted by molar-refractivity contribution is -0.155. The van der Waals surface area contributed by atoms with Gasteiger partial charge in [-0.25, -0.2) is 0 Å². The van der Waals surface area contributed by atoms with E-state index < -0.39 is 11.4 Å². The molecule has 2 nitrogen and oxygen atoms in total. The second-order valence-corrected chi connectivity index (χ2v) is 5.70. The van der Waals surface area contributed by atoms with Gasteiger partial charge in [0.15, 0.2) is 0 Å². The minimum Gasteiger partial charge on any atom is -0.481 e. The summed E-state index contributed by atoms with van der Waals surface area (Å²) in [5.74, 6) is 1.10. The highest BCUT2D eigenvalue weighted by atomic mass is 16.4. The topological polar surface area (TPSA) is 37.3 Å². The molecule has 0 atom stereocenters. The van der Waals surface area contributed by atoms with E-state index in [2.05, 4.69) is 13.8 Å². The molecule has 1 saturated carbocycles. The molecule has 1 aliphatic carbocycles. The third-order valence-corrected chi connectivity index (χ3v) is 4.40. The molecule has 15 heavy (non-hydrogen) atoms. The van der Waals surface area contributed by atoms with Crippen molar-refractivity contribution < 1.29 is 9.90 Å². The summed E-state index contributed by atoms with van der Waals surface area (Å²) in [7, 11) is 0. The Morgan fingerprint density at radius 3 is 1.93 bits per heavy atom. The number of rotatable bonds is 3. The molecule has 1 N–H and O–H groups in total. The number of aliphatic carboxylic acids is 1. The fraction of sp³-hybridized carbons (Fsp3) is 0.923. The number of hydrogen-bond donors (Lipinski definition) is 1. The van der Waals surface area contributed by atoms with Gasteiger partial charge >= 0.3 is 5.97 Å². The molecule has 2 heteroatoms. The monoisotopic (exact) mass is 212 g/mol. The summed E-state index contributed by atoms with van der Waals surface area (Å²) in [6, 6.07) is 0. The molecule has 88 valence electrons. The summed E-state index contributed by atoms with van der Waals surface area (Å²) < 4.78 is 0. The molecular formula is C13H24O2. The lowest BCUT2D eigenvalue weighted by Crippen LogP contribution is -2.40. The first kappa shape index (κ1) is 12.5. The molecule has 1 fully saturated rings. The molecule has 0 aromatic rings. The standard InChI is InChI=1S/C13H24O2/c1-9(2)11-5-7-13(8-6-11,10(3)4)12(14)15/h9-11H,5-8H2,1-4H3,(H,14,15). The zero-order valence-corrected chi connectivity index (χ0v) is 10.4. The minimum absolute atomic E-state index is 0.253. The van der Waals surface area contributed by atoms with Crippen LogP contribution in [-0.4, -0.2) is 11.1 Å². The fourth-order valence-electron chi connectivity index (χ4n) is 2.86. The second-order valence-electron chi connectivity index (χ2n) is 5.70. The SMILES string of the molecule is CC(C)C1CCC(C(=O)O)(C(C)C)CC1. The number of carboxylic acid groups (broad SMARTS) is 1. The van der Waals surface area contributed by atoms with Crippen LogP contribution in [0.2, 0.25) is 0 Å². The van der Waals surface area contributed by atoms with E-state index >= 15 is 0 Å². The molecule has 0 aliphatic heterocycles. The molecule has 0 saturated heterocycles. The van der Waals surface area contributed by atoms with Crippen LogP contribution >= 0.6 is 0 Å². The van der Waals surface area contributed by atoms with E-state index in [1.54, 1.807) is 0 Å². The quantitative estimate of drug-likeness (QED) is 0.776. The predicted octanol–water partition coefficient (Wildman–Crippen LogP) is 3.56. The number of carbonyl (C=O) groups is 1. The zero-order chi connectivity index (χ0) is 11.6. The number of hydrogen-bond acceptors (Lipinski definition) is 1. The molecule has 1 aliphatic rings. The maximum absolute atomic E-state index is 11.4. The summed E-state index contributed by atoms with van der Waals surface area (Å²) >= 11 is 0. The first-order chi connectivity index (χ1) is 6.90. The molecule has 0 aromatic heterocycles. The van der Waals surface area contributed by atoms with Crippen molar-refractivity contribution in [2.45, 2.75) is 53.4 Å². The van der Waals surface area contributed by atoms with E-state index in [0.717, 1.165) is 31.6 Å². The van der Waals surface area contributed by atoms with Gasteiger partial charge in [-0.15, -0.1) is 0 Å². The van der Waals surface area contributed by atoms with Crippen molar-refractivity contribution in [3.63, 3.8) is 0 Å². The lowest BCUT2D eigenvalue weighted by atomic mass is 9.63. The van der Waals surface area contributed by atoms with Gasteiger partial charge in [-0.3, -0.25) is 4.79 Å². The maximum Gasteiger partial charge on any atom is 0.309 e. The van der Waals surface area contributed by atoms with Gasteiger partial charge in [0.1, 0.15) is 0 Å². The van der Waals surface area contributed by atoms with Crippen LogP contribution in [0.5, 0.6) is 0 Å². The van der Waals surface area contributed by atoms with E-state index in [-0.39, 0.29) is 5.92 Å². The highest BCUT2D eigenvalue weighted by molar-refractivity contribution is 5.75. The van der Waals surface area contributed by atoms with Gasteiger partial charge in [0.05, 0.1) is 5.41 Å². The van der Waals surface area contributed by atoms with Crippen LogP contribution in [0.4, 0.5) is 0 Å². The van der Waals surface area contributed by atoms with Gasteiger partial charge in [0.25, 0.3) is 0 Å². The predicted molar refractivity (Wildman–Crippen MR) is 61.7 cm³/mol. The largest absolute Gasteiger partial charge is 0.481 e. The van der Waals surface area contributed by atoms with E-state index in [9.17, 15) is 9.90 Å². The smallest absolute Gasteiger partial charge is 0.309 e. The Kier molecular flexibility index (Phi) is 3.80. The van der Waals surface area contributed by atoms with E-state index in [1.807, 2.05) is 13.8 Å². The summed E-state index contributed by atoms with van der Waals surface area (Å²) in [6.07, 6.45) is 3.90. The van der Waals surface area contributed by atoms with Crippen LogP contribution in [0.1, 0.15) is 53.4 Å². The van der Waals surface area contributed by atoms with Crippen LogP contribution in [0.3, 0.4) is 0 Å². The Labute approximate surface area is 93.1 Å². The summed E-state index contributed by atoms with van der Waals surface area (Å²) in [5, 5.41) is 9.38. The van der Waals surface area contributed by atoms with Crippen LogP contribution in [0, 0.1) is 23.2 Å². The summed E-state index contributed by atoms with van der Waals surface area (Å²) in [5.41, 5.74) is -0.439. The normalized spacial score (nSPS) is 32.3. The zero-order valence-electron chi connectivity index (χ0n) is 10.4. The molecule has 0 radical (unpaired) electrons. The molecule has 0 aromatic carbocycles. The fourth-order valence-corrected chi connectivity index (χ4v) is 2.86. The van der Waals surface area contributed by atoms with Crippen molar-refractivity contribution in [3.8, 4) is 0 Å². The molecule has 0 amide bonds. The average molecular weight is 212 g/mol. The molecule has 0 unspecified atom stereocenters. The van der Waals surface area contributed by atoms with Gasteiger partial charge in [0.2, 0.25) is 0 Å². The third-order valence-electron chi connectivity index (χ3n) is 4.40. The molecule has 0 spiro atoms. The van der Waals surface area contributed by atoms with Gasteiger partial charge in [-0.1, -0.05) is 27.7 Å². The van der Waals surface area contributed by atoms with Crippen LogP contribution in [0.25, 0.3) is 0 Å². The van der Waals surface area contributed by atoms with Crippen molar-refractivity contribution in [2.24, 2.45) is 23.2 Å². The Bertz CT molecular complexity index is 223. The minimum atomic E-state index is -0.584. The first-order valence-corrected chi connectivity index (χ1v) is 6.13. The van der Waals surface area contributed by atoms with Gasteiger partial charge in [-0.05, 0) is 43.4 Å². The maximum atomic E-state index is 11.4. The molecule has 0 bridgehead atoms.